The van der Waals surface area contributed by atoms with Crippen molar-refractivity contribution in [3.63, 3.8) is 0 Å². The maximum absolute atomic E-state index is 12.9. The molecule has 0 bridgehead atoms. The van der Waals surface area contributed by atoms with Crippen molar-refractivity contribution in [2.75, 3.05) is 0 Å². The lowest BCUT2D eigenvalue weighted by Crippen LogP contribution is -2.28. The van der Waals surface area contributed by atoms with Gasteiger partial charge < -0.3 is 0 Å². The second-order valence-electron chi connectivity index (χ2n) is 5.42. The van der Waals surface area contributed by atoms with Crippen LogP contribution in [0.5, 0.6) is 0 Å². The van der Waals surface area contributed by atoms with Crippen LogP contribution in [0, 0.1) is 17.2 Å². The Kier molecular flexibility index (Phi) is 3.32. The molecule has 0 radical (unpaired) electrons. The van der Waals surface area contributed by atoms with E-state index >= 15 is 0 Å². The van der Waals surface area contributed by atoms with E-state index in [0.717, 1.165) is 0 Å². The lowest BCUT2D eigenvalue weighted by molar-refractivity contribution is -0.183. The summed E-state index contributed by atoms with van der Waals surface area (Å²) in [4.78, 5) is 0. The summed E-state index contributed by atoms with van der Waals surface area (Å²) in [6.45, 7) is 0. The average molecular weight is 294 g/mol. The maximum Gasteiger partial charge on any atom is 0.391 e. The first-order valence-electron chi connectivity index (χ1n) is 6.80. The molecule has 2 aromatic heterocycles. The maximum atomic E-state index is 12.9. The molecule has 0 amide bonds. The van der Waals surface area contributed by atoms with E-state index < -0.39 is 12.1 Å². The van der Waals surface area contributed by atoms with Gasteiger partial charge in [-0.3, -0.25) is 4.40 Å². The zero-order valence-electron chi connectivity index (χ0n) is 11.1. The zero-order valence-corrected chi connectivity index (χ0v) is 11.1. The van der Waals surface area contributed by atoms with Gasteiger partial charge in [0.2, 0.25) is 0 Å². The van der Waals surface area contributed by atoms with E-state index in [-0.39, 0.29) is 18.8 Å². The van der Waals surface area contributed by atoms with Gasteiger partial charge in [-0.15, -0.1) is 10.2 Å². The van der Waals surface area contributed by atoms with Crippen molar-refractivity contribution >= 4 is 5.65 Å². The summed E-state index contributed by atoms with van der Waals surface area (Å²) in [5.41, 5.74) is 0.955. The van der Waals surface area contributed by atoms with Crippen LogP contribution in [0.15, 0.2) is 18.3 Å². The molecule has 7 heteroatoms. The summed E-state index contributed by atoms with van der Waals surface area (Å²) in [5, 5.41) is 16.9. The van der Waals surface area contributed by atoms with E-state index in [1.54, 1.807) is 22.7 Å². The topological polar surface area (TPSA) is 54.0 Å². The first-order valence-corrected chi connectivity index (χ1v) is 6.80. The summed E-state index contributed by atoms with van der Waals surface area (Å²) in [5.74, 6) is -0.946. The van der Waals surface area contributed by atoms with Crippen molar-refractivity contribution in [1.82, 2.24) is 14.6 Å². The molecular formula is C14H13F3N4. The Labute approximate surface area is 119 Å². The molecular weight excluding hydrogens is 281 g/mol. The van der Waals surface area contributed by atoms with Crippen molar-refractivity contribution in [2.24, 2.45) is 5.92 Å². The lowest BCUT2D eigenvalue weighted by atomic mass is 9.80. The first kappa shape index (κ1) is 13.9. The number of hydrogen-bond acceptors (Lipinski definition) is 3. The molecule has 110 valence electrons. The second kappa shape index (κ2) is 5.02. The SMILES string of the molecule is N#Cc1ccn2c(C3CCCC(C(F)(F)F)C3)nnc2c1. The van der Waals surface area contributed by atoms with Crippen LogP contribution in [-0.2, 0) is 0 Å². The largest absolute Gasteiger partial charge is 0.391 e. The van der Waals surface area contributed by atoms with E-state index in [2.05, 4.69) is 10.2 Å². The average Bonchev–Trinajstić information content (AvgIpc) is 2.89. The van der Waals surface area contributed by atoms with Crippen molar-refractivity contribution in [3.8, 4) is 6.07 Å². The molecule has 2 unspecified atom stereocenters. The van der Waals surface area contributed by atoms with Crippen LogP contribution in [-0.4, -0.2) is 20.8 Å². The third kappa shape index (κ3) is 2.58. The summed E-state index contributed by atoms with van der Waals surface area (Å²) < 4.78 is 40.4. The minimum atomic E-state index is -4.15. The Hall–Kier alpha value is -2.10. The number of alkyl halides is 3. The second-order valence-corrected chi connectivity index (χ2v) is 5.42. The van der Waals surface area contributed by atoms with Crippen LogP contribution in [0.3, 0.4) is 0 Å². The molecule has 1 saturated carbocycles. The number of halogens is 3. The normalized spacial score (nSPS) is 23.1. The Morgan fingerprint density at radius 3 is 2.81 bits per heavy atom. The molecule has 1 aliphatic rings. The first-order chi connectivity index (χ1) is 9.99. The van der Waals surface area contributed by atoms with E-state index in [9.17, 15) is 13.2 Å². The highest BCUT2D eigenvalue weighted by Crippen LogP contribution is 2.43. The Morgan fingerprint density at radius 1 is 1.29 bits per heavy atom. The Morgan fingerprint density at radius 2 is 2.10 bits per heavy atom. The lowest BCUT2D eigenvalue weighted by Gasteiger charge is -2.29. The van der Waals surface area contributed by atoms with Gasteiger partial charge in [-0.25, -0.2) is 0 Å². The molecule has 0 N–H and O–H groups in total. The van der Waals surface area contributed by atoms with Gasteiger partial charge in [-0.05, 0) is 25.3 Å². The van der Waals surface area contributed by atoms with Crippen molar-refractivity contribution in [3.05, 3.63) is 29.7 Å². The van der Waals surface area contributed by atoms with Crippen LogP contribution in [0.4, 0.5) is 13.2 Å². The van der Waals surface area contributed by atoms with Gasteiger partial charge in [0.1, 0.15) is 5.82 Å². The number of hydrogen-bond donors (Lipinski definition) is 0. The van der Waals surface area contributed by atoms with E-state index in [0.29, 0.717) is 29.9 Å². The number of aromatic nitrogens is 3. The highest BCUT2D eigenvalue weighted by atomic mass is 19.4. The molecule has 2 atom stereocenters. The highest BCUT2D eigenvalue weighted by molar-refractivity contribution is 5.45. The van der Waals surface area contributed by atoms with Crippen molar-refractivity contribution in [1.29, 1.82) is 5.26 Å². The fraction of sp³-hybridized carbons (Fsp3) is 0.500. The molecule has 0 spiro atoms. The Bertz CT molecular complexity index is 698. The van der Waals surface area contributed by atoms with Gasteiger partial charge in [0.25, 0.3) is 0 Å². The fourth-order valence-electron chi connectivity index (χ4n) is 2.98. The van der Waals surface area contributed by atoms with Gasteiger partial charge in [-0.1, -0.05) is 6.42 Å². The van der Waals surface area contributed by atoms with Gasteiger partial charge in [0.15, 0.2) is 5.65 Å². The van der Waals surface area contributed by atoms with Gasteiger partial charge >= 0.3 is 6.18 Å². The standard InChI is InChI=1S/C14H13F3N4/c15-14(16,17)11-3-1-2-10(7-11)13-20-19-12-6-9(8-18)4-5-21(12)13/h4-6,10-11H,1-3,7H2. The highest BCUT2D eigenvalue weighted by Gasteiger charge is 2.43. The molecule has 1 fully saturated rings. The third-order valence-corrected chi connectivity index (χ3v) is 4.07. The van der Waals surface area contributed by atoms with Crippen molar-refractivity contribution < 1.29 is 13.2 Å². The summed E-state index contributed by atoms with van der Waals surface area (Å²) in [6, 6.07) is 5.20. The molecule has 4 nitrogen and oxygen atoms in total. The third-order valence-electron chi connectivity index (χ3n) is 4.07. The number of nitrogens with zero attached hydrogens (tertiary/aromatic N) is 4. The molecule has 21 heavy (non-hydrogen) atoms. The van der Waals surface area contributed by atoms with Gasteiger partial charge in [0.05, 0.1) is 17.6 Å². The van der Waals surface area contributed by atoms with E-state index in [4.69, 9.17) is 5.26 Å². The summed E-state index contributed by atoms with van der Waals surface area (Å²) in [7, 11) is 0. The fourth-order valence-corrected chi connectivity index (χ4v) is 2.98. The van der Waals surface area contributed by atoms with Crippen LogP contribution < -0.4 is 0 Å². The minimum Gasteiger partial charge on any atom is -0.286 e. The quantitative estimate of drug-likeness (QED) is 0.809. The van der Waals surface area contributed by atoms with E-state index in [1.165, 1.54) is 0 Å². The zero-order chi connectivity index (χ0) is 15.0. The predicted octanol–water partition coefficient (Wildman–Crippen LogP) is 3.44. The summed E-state index contributed by atoms with van der Waals surface area (Å²) >= 11 is 0. The molecule has 1 aliphatic carbocycles. The number of pyridine rings is 1. The number of nitriles is 1. The molecule has 2 aromatic rings. The van der Waals surface area contributed by atoms with E-state index in [1.807, 2.05) is 6.07 Å². The van der Waals surface area contributed by atoms with Crippen LogP contribution >= 0.6 is 0 Å². The Balaban J connectivity index is 1.92. The molecule has 0 saturated heterocycles. The van der Waals surface area contributed by atoms with Gasteiger partial charge in [-0.2, -0.15) is 18.4 Å². The molecule has 0 aliphatic heterocycles. The number of rotatable bonds is 1. The number of fused-ring (bicyclic) bond motifs is 1. The van der Waals surface area contributed by atoms with Crippen LogP contribution in [0.25, 0.3) is 5.65 Å². The smallest absolute Gasteiger partial charge is 0.286 e. The summed E-state index contributed by atoms with van der Waals surface area (Å²) in [6.07, 6.45) is -1.01. The van der Waals surface area contributed by atoms with Gasteiger partial charge in [0, 0.05) is 18.2 Å². The predicted molar refractivity (Wildman–Crippen MR) is 68.5 cm³/mol. The minimum absolute atomic E-state index is 0.0598. The molecule has 2 heterocycles. The monoisotopic (exact) mass is 294 g/mol. The van der Waals surface area contributed by atoms with Crippen molar-refractivity contribution in [2.45, 2.75) is 37.8 Å². The van der Waals surface area contributed by atoms with Crippen LogP contribution in [0.1, 0.15) is 43.0 Å². The van der Waals surface area contributed by atoms with Crippen LogP contribution in [0.2, 0.25) is 0 Å². The molecule has 3 rings (SSSR count). The molecule has 0 aromatic carbocycles.